The SMILES string of the molecule is CCCCOCC1O[C@@H](F)C(NC(=O)c2ccccc2C=O)C(OCCCC)[C@@H]1O. The van der Waals surface area contributed by atoms with Crippen LogP contribution in [0.2, 0.25) is 0 Å². The predicted octanol–water partition coefficient (Wildman–Crippen LogP) is 2.65. The number of carbonyl (C=O) groups is 2. The van der Waals surface area contributed by atoms with Crippen molar-refractivity contribution in [1.29, 1.82) is 0 Å². The third kappa shape index (κ3) is 6.57. The lowest BCUT2D eigenvalue weighted by Gasteiger charge is -2.42. The molecule has 1 heterocycles. The summed E-state index contributed by atoms with van der Waals surface area (Å²) in [5.41, 5.74) is 0.305. The number of unbranched alkanes of at least 4 members (excludes halogenated alkanes) is 2. The molecule has 0 saturated carbocycles. The Bertz CT molecular complexity index is 673. The van der Waals surface area contributed by atoms with Crippen LogP contribution in [-0.4, -0.2) is 67.8 Å². The zero-order valence-electron chi connectivity index (χ0n) is 17.6. The average Bonchev–Trinajstić information content (AvgIpc) is 2.76. The molecule has 1 aliphatic heterocycles. The summed E-state index contributed by atoms with van der Waals surface area (Å²) in [6, 6.07) is 4.99. The number of alkyl halides is 1. The van der Waals surface area contributed by atoms with E-state index in [4.69, 9.17) is 14.2 Å². The molecule has 168 valence electrons. The van der Waals surface area contributed by atoms with E-state index in [0.717, 1.165) is 25.7 Å². The molecule has 0 aliphatic carbocycles. The van der Waals surface area contributed by atoms with Crippen LogP contribution < -0.4 is 5.32 Å². The lowest BCUT2D eigenvalue weighted by Crippen LogP contribution is -2.64. The minimum Gasteiger partial charge on any atom is -0.388 e. The Labute approximate surface area is 176 Å². The molecule has 2 rings (SSSR count). The molecule has 1 amide bonds. The Morgan fingerprint density at radius 2 is 1.93 bits per heavy atom. The average molecular weight is 425 g/mol. The maximum atomic E-state index is 14.9. The number of ether oxygens (including phenoxy) is 3. The summed E-state index contributed by atoms with van der Waals surface area (Å²) < 4.78 is 31.5. The van der Waals surface area contributed by atoms with Gasteiger partial charge < -0.3 is 24.6 Å². The van der Waals surface area contributed by atoms with E-state index in [1.807, 2.05) is 13.8 Å². The number of benzene rings is 1. The maximum Gasteiger partial charge on any atom is 0.252 e. The van der Waals surface area contributed by atoms with Crippen molar-refractivity contribution in [3.05, 3.63) is 35.4 Å². The number of amides is 1. The molecule has 30 heavy (non-hydrogen) atoms. The summed E-state index contributed by atoms with van der Waals surface area (Å²) in [7, 11) is 0. The van der Waals surface area contributed by atoms with E-state index in [2.05, 4.69) is 5.32 Å². The number of aliphatic hydroxyl groups is 1. The largest absolute Gasteiger partial charge is 0.388 e. The summed E-state index contributed by atoms with van der Waals surface area (Å²) in [6.07, 6.45) is -1.02. The van der Waals surface area contributed by atoms with Crippen LogP contribution in [0.3, 0.4) is 0 Å². The van der Waals surface area contributed by atoms with Crippen molar-refractivity contribution in [2.45, 2.75) is 70.2 Å². The van der Waals surface area contributed by atoms with Gasteiger partial charge in [0.2, 0.25) is 6.36 Å². The number of hydrogen-bond donors (Lipinski definition) is 2. The van der Waals surface area contributed by atoms with Crippen molar-refractivity contribution in [2.24, 2.45) is 0 Å². The first kappa shape index (κ1) is 24.4. The number of halogens is 1. The second-order valence-corrected chi connectivity index (χ2v) is 7.34. The molecule has 0 spiro atoms. The van der Waals surface area contributed by atoms with Gasteiger partial charge in [-0.25, -0.2) is 4.39 Å². The first-order valence-corrected chi connectivity index (χ1v) is 10.5. The van der Waals surface area contributed by atoms with Gasteiger partial charge in [0.1, 0.15) is 24.4 Å². The van der Waals surface area contributed by atoms with Crippen LogP contribution in [0, 0.1) is 0 Å². The molecule has 1 aliphatic rings. The van der Waals surface area contributed by atoms with Crippen molar-refractivity contribution >= 4 is 12.2 Å². The third-order valence-corrected chi connectivity index (χ3v) is 5.02. The molecule has 5 atom stereocenters. The minimum atomic E-state index is -1.90. The number of hydrogen-bond acceptors (Lipinski definition) is 6. The van der Waals surface area contributed by atoms with Gasteiger partial charge in [0.25, 0.3) is 5.91 Å². The molecule has 1 aromatic rings. The Balaban J connectivity index is 2.12. The molecule has 1 saturated heterocycles. The molecule has 7 nitrogen and oxygen atoms in total. The molecule has 3 unspecified atom stereocenters. The van der Waals surface area contributed by atoms with E-state index >= 15 is 0 Å². The second kappa shape index (κ2) is 12.7. The molecule has 0 bridgehead atoms. The highest BCUT2D eigenvalue weighted by molar-refractivity contribution is 6.01. The number of rotatable bonds is 12. The highest BCUT2D eigenvalue weighted by atomic mass is 19.1. The summed E-state index contributed by atoms with van der Waals surface area (Å²) in [4.78, 5) is 23.9. The number of nitrogens with one attached hydrogen (secondary N) is 1. The van der Waals surface area contributed by atoms with Crippen LogP contribution in [0.25, 0.3) is 0 Å². The smallest absolute Gasteiger partial charge is 0.252 e. The first-order valence-electron chi connectivity index (χ1n) is 10.5. The maximum absolute atomic E-state index is 14.9. The fraction of sp³-hybridized carbons (Fsp3) is 0.636. The second-order valence-electron chi connectivity index (χ2n) is 7.34. The topological polar surface area (TPSA) is 94.1 Å². The van der Waals surface area contributed by atoms with Gasteiger partial charge in [-0.05, 0) is 18.9 Å². The van der Waals surface area contributed by atoms with E-state index in [9.17, 15) is 19.1 Å². The van der Waals surface area contributed by atoms with Gasteiger partial charge in [-0.1, -0.05) is 44.9 Å². The van der Waals surface area contributed by atoms with Crippen LogP contribution in [0.1, 0.15) is 60.2 Å². The van der Waals surface area contributed by atoms with E-state index in [-0.39, 0.29) is 17.7 Å². The van der Waals surface area contributed by atoms with Gasteiger partial charge in [0, 0.05) is 24.3 Å². The Kier molecular flexibility index (Phi) is 10.4. The van der Waals surface area contributed by atoms with E-state index in [1.54, 1.807) is 12.1 Å². The molecule has 0 radical (unpaired) electrons. The number of aliphatic hydroxyl groups excluding tert-OH is 1. The van der Waals surface area contributed by atoms with Crippen molar-refractivity contribution < 1.29 is 33.3 Å². The first-order chi connectivity index (χ1) is 14.5. The minimum absolute atomic E-state index is 0.0316. The Morgan fingerprint density at radius 3 is 2.63 bits per heavy atom. The summed E-state index contributed by atoms with van der Waals surface area (Å²) in [5, 5.41) is 13.3. The fourth-order valence-corrected chi connectivity index (χ4v) is 3.24. The van der Waals surface area contributed by atoms with E-state index in [1.165, 1.54) is 12.1 Å². The van der Waals surface area contributed by atoms with Crippen LogP contribution in [-0.2, 0) is 14.2 Å². The molecule has 1 fully saturated rings. The monoisotopic (exact) mass is 425 g/mol. The van der Waals surface area contributed by atoms with Crippen molar-refractivity contribution in [3.8, 4) is 0 Å². The standard InChI is InChI=1S/C22H32FNO6/c1-3-5-11-28-14-17-19(26)20(29-12-6-4-2)18(21(23)30-17)24-22(27)16-10-8-7-9-15(16)13-25/h7-10,13,17-21,26H,3-6,11-12,14H2,1-2H3,(H,24,27)/t17?,18?,19-,20?,21-/m1/s1. The van der Waals surface area contributed by atoms with Crippen LogP contribution in [0.4, 0.5) is 4.39 Å². The van der Waals surface area contributed by atoms with Gasteiger partial charge in [-0.3, -0.25) is 9.59 Å². The van der Waals surface area contributed by atoms with Crippen LogP contribution in [0.15, 0.2) is 24.3 Å². The fourth-order valence-electron chi connectivity index (χ4n) is 3.24. The Morgan fingerprint density at radius 1 is 1.23 bits per heavy atom. The highest BCUT2D eigenvalue weighted by Crippen LogP contribution is 2.26. The quantitative estimate of drug-likeness (QED) is 0.395. The zero-order chi connectivity index (χ0) is 21.9. The highest BCUT2D eigenvalue weighted by Gasteiger charge is 2.47. The number of aldehydes is 1. The lowest BCUT2D eigenvalue weighted by atomic mass is 9.96. The number of carbonyl (C=O) groups excluding carboxylic acids is 2. The third-order valence-electron chi connectivity index (χ3n) is 5.02. The van der Waals surface area contributed by atoms with E-state index < -0.39 is 36.6 Å². The molecular weight excluding hydrogens is 393 g/mol. The lowest BCUT2D eigenvalue weighted by molar-refractivity contribution is -0.241. The summed E-state index contributed by atoms with van der Waals surface area (Å²) in [6.45, 7) is 4.85. The van der Waals surface area contributed by atoms with E-state index in [0.29, 0.717) is 19.5 Å². The van der Waals surface area contributed by atoms with Crippen molar-refractivity contribution in [2.75, 3.05) is 19.8 Å². The van der Waals surface area contributed by atoms with Crippen LogP contribution >= 0.6 is 0 Å². The van der Waals surface area contributed by atoms with Gasteiger partial charge in [-0.2, -0.15) is 0 Å². The molecule has 1 aromatic carbocycles. The van der Waals surface area contributed by atoms with Gasteiger partial charge >= 0.3 is 0 Å². The van der Waals surface area contributed by atoms with Crippen LogP contribution in [0.5, 0.6) is 0 Å². The Hall–Kier alpha value is -1.87. The van der Waals surface area contributed by atoms with Crippen molar-refractivity contribution in [1.82, 2.24) is 5.32 Å². The summed E-state index contributed by atoms with van der Waals surface area (Å²) >= 11 is 0. The predicted molar refractivity (Wildman–Crippen MR) is 109 cm³/mol. The molecule has 0 aromatic heterocycles. The van der Waals surface area contributed by atoms with Gasteiger partial charge in [0.15, 0.2) is 6.29 Å². The van der Waals surface area contributed by atoms with Gasteiger partial charge in [-0.15, -0.1) is 0 Å². The molecular formula is C22H32FNO6. The molecule has 2 N–H and O–H groups in total. The zero-order valence-corrected chi connectivity index (χ0v) is 17.6. The normalized spacial score (nSPS) is 26.3. The molecule has 8 heteroatoms. The summed E-state index contributed by atoms with van der Waals surface area (Å²) in [5.74, 6) is -0.636. The van der Waals surface area contributed by atoms with Gasteiger partial charge in [0.05, 0.1) is 6.61 Å². The van der Waals surface area contributed by atoms with Crippen molar-refractivity contribution in [3.63, 3.8) is 0 Å².